The topological polar surface area (TPSA) is 58.4 Å². The van der Waals surface area contributed by atoms with E-state index in [2.05, 4.69) is 29.3 Å². The molecule has 0 unspecified atom stereocenters. The second-order valence-electron chi connectivity index (χ2n) is 5.77. The summed E-state index contributed by atoms with van der Waals surface area (Å²) in [6.45, 7) is 8.55. The van der Waals surface area contributed by atoms with Gasteiger partial charge in [-0.2, -0.15) is 0 Å². The molecule has 3 N–H and O–H groups in total. The zero-order chi connectivity index (χ0) is 15.0. The van der Waals surface area contributed by atoms with Crippen LogP contribution >= 0.6 is 12.4 Å². The minimum Gasteiger partial charge on any atom is -0.350 e. The molecule has 1 aromatic rings. The zero-order valence-corrected chi connectivity index (χ0v) is 14.1. The van der Waals surface area contributed by atoms with Crippen LogP contribution in [0, 0.1) is 0 Å². The molecule has 0 saturated carbocycles. The van der Waals surface area contributed by atoms with Crippen molar-refractivity contribution in [2.45, 2.75) is 39.3 Å². The summed E-state index contributed by atoms with van der Waals surface area (Å²) in [6, 6.07) is 10.1. The van der Waals surface area contributed by atoms with Gasteiger partial charge in [-0.1, -0.05) is 37.3 Å². The first-order chi connectivity index (χ1) is 9.46. The highest BCUT2D eigenvalue weighted by Gasteiger charge is 2.19. The normalized spacial score (nSPS) is 11.1. The third-order valence-corrected chi connectivity index (χ3v) is 3.42. The Labute approximate surface area is 134 Å². The van der Waals surface area contributed by atoms with Gasteiger partial charge >= 0.3 is 0 Å². The second-order valence-corrected chi connectivity index (χ2v) is 5.77. The number of hydrogen-bond acceptors (Lipinski definition) is 3. The summed E-state index contributed by atoms with van der Waals surface area (Å²) in [5, 5.41) is 3.06. The summed E-state index contributed by atoms with van der Waals surface area (Å²) in [7, 11) is 0. The maximum atomic E-state index is 12.1. The largest absolute Gasteiger partial charge is 0.350 e. The van der Waals surface area contributed by atoms with Crippen LogP contribution < -0.4 is 11.1 Å². The third kappa shape index (κ3) is 8.05. The van der Waals surface area contributed by atoms with E-state index in [-0.39, 0.29) is 23.9 Å². The quantitative estimate of drug-likeness (QED) is 0.773. The van der Waals surface area contributed by atoms with Crippen LogP contribution in [0.15, 0.2) is 30.3 Å². The molecule has 0 aliphatic rings. The Morgan fingerprint density at radius 3 is 2.43 bits per heavy atom. The maximum absolute atomic E-state index is 12.1. The van der Waals surface area contributed by atoms with E-state index in [4.69, 9.17) is 5.73 Å². The molecule has 4 nitrogen and oxygen atoms in total. The van der Waals surface area contributed by atoms with E-state index in [9.17, 15) is 4.79 Å². The summed E-state index contributed by atoms with van der Waals surface area (Å²) < 4.78 is 0. The van der Waals surface area contributed by atoms with E-state index < -0.39 is 0 Å². The van der Waals surface area contributed by atoms with Crippen LogP contribution in [0.3, 0.4) is 0 Å². The average Bonchev–Trinajstić information content (AvgIpc) is 2.39. The van der Waals surface area contributed by atoms with E-state index in [0.717, 1.165) is 19.5 Å². The van der Waals surface area contributed by atoms with Crippen molar-refractivity contribution in [3.05, 3.63) is 35.9 Å². The zero-order valence-electron chi connectivity index (χ0n) is 13.3. The molecule has 0 aromatic heterocycles. The number of nitrogens with one attached hydrogen (secondary N) is 1. The summed E-state index contributed by atoms with van der Waals surface area (Å²) in [5.41, 5.74) is 6.68. The van der Waals surface area contributed by atoms with E-state index in [1.807, 2.05) is 32.0 Å². The van der Waals surface area contributed by atoms with E-state index >= 15 is 0 Å². The van der Waals surface area contributed by atoms with Crippen molar-refractivity contribution in [1.82, 2.24) is 10.2 Å². The Bertz CT molecular complexity index is 409. The van der Waals surface area contributed by atoms with Crippen LogP contribution in [0.2, 0.25) is 0 Å². The number of halogens is 1. The SMILES string of the molecule is CCC(C)(C)NC(=O)CN(CCN)Cc1ccccc1.Cl. The molecule has 1 rings (SSSR count). The Morgan fingerprint density at radius 2 is 1.90 bits per heavy atom. The highest BCUT2D eigenvalue weighted by Crippen LogP contribution is 2.08. The Balaban J connectivity index is 0.00000400. The summed E-state index contributed by atoms with van der Waals surface area (Å²) in [5.74, 6) is 0.0567. The first-order valence-corrected chi connectivity index (χ1v) is 7.24. The smallest absolute Gasteiger partial charge is 0.234 e. The second kappa shape index (κ2) is 9.77. The van der Waals surface area contributed by atoms with Gasteiger partial charge in [0.25, 0.3) is 0 Å². The van der Waals surface area contributed by atoms with Crippen molar-refractivity contribution < 1.29 is 4.79 Å². The van der Waals surface area contributed by atoms with Gasteiger partial charge in [0.15, 0.2) is 0 Å². The molecule has 21 heavy (non-hydrogen) atoms. The number of nitrogens with zero attached hydrogens (tertiary/aromatic N) is 1. The van der Waals surface area contributed by atoms with Crippen LogP contribution in [0.4, 0.5) is 0 Å². The van der Waals surface area contributed by atoms with Gasteiger partial charge < -0.3 is 11.1 Å². The van der Waals surface area contributed by atoms with Crippen molar-refractivity contribution in [2.24, 2.45) is 5.73 Å². The molecule has 0 aliphatic carbocycles. The van der Waals surface area contributed by atoms with Crippen LogP contribution in [-0.2, 0) is 11.3 Å². The lowest BCUT2D eigenvalue weighted by atomic mass is 10.0. The van der Waals surface area contributed by atoms with Crippen LogP contribution in [0.25, 0.3) is 0 Å². The lowest BCUT2D eigenvalue weighted by Gasteiger charge is -2.27. The maximum Gasteiger partial charge on any atom is 0.234 e. The lowest BCUT2D eigenvalue weighted by Crippen LogP contribution is -2.47. The molecule has 5 heteroatoms. The molecule has 0 bridgehead atoms. The predicted octanol–water partition coefficient (Wildman–Crippen LogP) is 2.17. The molecule has 0 fully saturated rings. The number of carbonyl (C=O) groups is 1. The van der Waals surface area contributed by atoms with Crippen molar-refractivity contribution in [3.8, 4) is 0 Å². The molecule has 1 amide bonds. The highest BCUT2D eigenvalue weighted by molar-refractivity contribution is 5.85. The van der Waals surface area contributed by atoms with Gasteiger partial charge in [0.05, 0.1) is 6.54 Å². The van der Waals surface area contributed by atoms with Crippen molar-refractivity contribution in [1.29, 1.82) is 0 Å². The van der Waals surface area contributed by atoms with Gasteiger partial charge in [-0.05, 0) is 25.8 Å². The Kier molecular flexibility index (Phi) is 9.26. The number of rotatable bonds is 8. The molecule has 1 aromatic carbocycles. The number of amides is 1. The van der Waals surface area contributed by atoms with Gasteiger partial charge in [-0.25, -0.2) is 0 Å². The van der Waals surface area contributed by atoms with Crippen molar-refractivity contribution in [3.63, 3.8) is 0 Å². The fourth-order valence-corrected chi connectivity index (χ4v) is 1.95. The molecule has 0 atom stereocenters. The fourth-order valence-electron chi connectivity index (χ4n) is 1.95. The number of carbonyl (C=O) groups excluding carboxylic acids is 1. The first kappa shape index (κ1) is 19.9. The lowest BCUT2D eigenvalue weighted by molar-refractivity contribution is -0.124. The molecule has 0 spiro atoms. The monoisotopic (exact) mass is 313 g/mol. The third-order valence-electron chi connectivity index (χ3n) is 3.42. The van der Waals surface area contributed by atoms with Gasteiger partial charge in [0.2, 0.25) is 5.91 Å². The van der Waals surface area contributed by atoms with Gasteiger partial charge in [0.1, 0.15) is 0 Å². The first-order valence-electron chi connectivity index (χ1n) is 7.24. The fraction of sp³-hybridized carbons (Fsp3) is 0.562. The summed E-state index contributed by atoms with van der Waals surface area (Å²) >= 11 is 0. The van der Waals surface area contributed by atoms with Crippen LogP contribution in [-0.4, -0.2) is 36.0 Å². The van der Waals surface area contributed by atoms with E-state index in [0.29, 0.717) is 13.1 Å². The molecule has 0 saturated heterocycles. The number of benzene rings is 1. The highest BCUT2D eigenvalue weighted by atomic mass is 35.5. The molecule has 0 aliphatic heterocycles. The predicted molar refractivity (Wildman–Crippen MR) is 90.5 cm³/mol. The molecule has 0 heterocycles. The Hall–Kier alpha value is -1.10. The summed E-state index contributed by atoms with van der Waals surface area (Å²) in [6.07, 6.45) is 0.911. The van der Waals surface area contributed by atoms with Crippen LogP contribution in [0.1, 0.15) is 32.8 Å². The summed E-state index contributed by atoms with van der Waals surface area (Å²) in [4.78, 5) is 14.2. The van der Waals surface area contributed by atoms with Crippen LogP contribution in [0.5, 0.6) is 0 Å². The van der Waals surface area contributed by atoms with Gasteiger partial charge in [-0.15, -0.1) is 12.4 Å². The van der Waals surface area contributed by atoms with Crippen molar-refractivity contribution >= 4 is 18.3 Å². The minimum absolute atomic E-state index is 0. The van der Waals surface area contributed by atoms with Gasteiger partial charge in [-0.3, -0.25) is 9.69 Å². The Morgan fingerprint density at radius 1 is 1.29 bits per heavy atom. The molecule has 0 radical (unpaired) electrons. The average molecular weight is 314 g/mol. The number of nitrogens with two attached hydrogens (primary N) is 1. The van der Waals surface area contributed by atoms with Gasteiger partial charge in [0, 0.05) is 25.2 Å². The molecular weight excluding hydrogens is 286 g/mol. The van der Waals surface area contributed by atoms with E-state index in [1.165, 1.54) is 5.56 Å². The van der Waals surface area contributed by atoms with E-state index in [1.54, 1.807) is 0 Å². The minimum atomic E-state index is -0.155. The standard InChI is InChI=1S/C16H27N3O.ClH/c1-4-16(2,3)18-15(20)13-19(11-10-17)12-14-8-6-5-7-9-14;/h5-9H,4,10-13,17H2,1-3H3,(H,18,20);1H. The molecular formula is C16H28ClN3O. The number of hydrogen-bond donors (Lipinski definition) is 2. The molecule has 120 valence electrons. The van der Waals surface area contributed by atoms with Crippen molar-refractivity contribution in [2.75, 3.05) is 19.6 Å².